The Morgan fingerprint density at radius 1 is 1.13 bits per heavy atom. The van der Waals surface area contributed by atoms with Crippen molar-refractivity contribution in [3.63, 3.8) is 0 Å². The third kappa shape index (κ3) is 8.70. The maximum atomic E-state index is 12.1. The fraction of sp³-hybridized carbons (Fsp3) is 0.522. The van der Waals surface area contributed by atoms with E-state index >= 15 is 0 Å². The summed E-state index contributed by atoms with van der Waals surface area (Å²) in [7, 11) is 0. The molecule has 2 rings (SSSR count). The van der Waals surface area contributed by atoms with Crippen LogP contribution in [-0.4, -0.2) is 41.3 Å². The smallest absolute Gasteiger partial charge is 0.408 e. The number of amides is 1. The summed E-state index contributed by atoms with van der Waals surface area (Å²) < 4.78 is 11.2. The maximum absolute atomic E-state index is 12.1. The van der Waals surface area contributed by atoms with Gasteiger partial charge in [-0.2, -0.15) is 0 Å². The first kappa shape index (κ1) is 24.2. The first-order chi connectivity index (χ1) is 14.5. The number of hydrogen-bond donors (Lipinski definition) is 3. The van der Waals surface area contributed by atoms with Crippen molar-refractivity contribution in [3.05, 3.63) is 41.9 Å². The van der Waals surface area contributed by atoms with Crippen molar-refractivity contribution >= 4 is 12.1 Å². The lowest BCUT2D eigenvalue weighted by Crippen LogP contribution is -2.54. The molecule has 1 aromatic heterocycles. The molecule has 3 N–H and O–H groups in total. The SMILES string of the molecule is CCNC(=NCc1ncc(-c2ccc(C)cc2)o1)NCC(C)(C)NC(=O)OC(C)(C)C. The molecule has 1 aromatic carbocycles. The number of guanidine groups is 1. The molecule has 2 aromatic rings. The van der Waals surface area contributed by atoms with E-state index in [9.17, 15) is 4.79 Å². The van der Waals surface area contributed by atoms with Crippen LogP contribution in [0.1, 0.15) is 53.0 Å². The topological polar surface area (TPSA) is 101 Å². The molecule has 0 aliphatic rings. The summed E-state index contributed by atoms with van der Waals surface area (Å²) in [6, 6.07) is 8.09. The van der Waals surface area contributed by atoms with Crippen LogP contribution in [0.5, 0.6) is 0 Å². The Bertz CT molecular complexity index is 879. The van der Waals surface area contributed by atoms with Crippen LogP contribution in [0.3, 0.4) is 0 Å². The van der Waals surface area contributed by atoms with Gasteiger partial charge in [0.2, 0.25) is 5.89 Å². The van der Waals surface area contributed by atoms with Crippen LogP contribution in [0.25, 0.3) is 11.3 Å². The number of aliphatic imine (C=N–C) groups is 1. The first-order valence-electron chi connectivity index (χ1n) is 10.5. The molecule has 0 saturated carbocycles. The summed E-state index contributed by atoms with van der Waals surface area (Å²) in [6.07, 6.45) is 1.26. The minimum absolute atomic E-state index is 0.293. The average Bonchev–Trinajstić information content (AvgIpc) is 3.11. The Hall–Kier alpha value is -3.03. The molecular formula is C23H35N5O3. The molecule has 0 fully saturated rings. The minimum Gasteiger partial charge on any atom is -0.444 e. The Labute approximate surface area is 184 Å². The van der Waals surface area contributed by atoms with Crippen LogP contribution in [0.2, 0.25) is 0 Å². The van der Waals surface area contributed by atoms with E-state index in [1.165, 1.54) is 5.56 Å². The number of hydrogen-bond acceptors (Lipinski definition) is 5. The van der Waals surface area contributed by atoms with E-state index in [0.717, 1.165) is 5.56 Å². The van der Waals surface area contributed by atoms with E-state index < -0.39 is 17.2 Å². The zero-order valence-electron chi connectivity index (χ0n) is 19.6. The Kier molecular flexibility index (Phi) is 8.08. The highest BCUT2D eigenvalue weighted by Gasteiger charge is 2.24. The summed E-state index contributed by atoms with van der Waals surface area (Å²) in [5.74, 6) is 1.85. The van der Waals surface area contributed by atoms with Gasteiger partial charge in [0.15, 0.2) is 11.7 Å². The molecule has 0 unspecified atom stereocenters. The average molecular weight is 430 g/mol. The Morgan fingerprint density at radius 3 is 2.42 bits per heavy atom. The zero-order valence-corrected chi connectivity index (χ0v) is 19.6. The highest BCUT2D eigenvalue weighted by atomic mass is 16.6. The van der Waals surface area contributed by atoms with Gasteiger partial charge in [0.05, 0.1) is 11.7 Å². The van der Waals surface area contributed by atoms with E-state index in [4.69, 9.17) is 9.15 Å². The molecule has 31 heavy (non-hydrogen) atoms. The quantitative estimate of drug-likeness (QED) is 0.454. The summed E-state index contributed by atoms with van der Waals surface area (Å²) in [4.78, 5) is 20.9. The van der Waals surface area contributed by atoms with Gasteiger partial charge in [0.1, 0.15) is 12.1 Å². The molecular weight excluding hydrogens is 394 g/mol. The number of carbonyl (C=O) groups is 1. The number of carbonyl (C=O) groups excluding carboxylic acids is 1. The molecule has 0 radical (unpaired) electrons. The molecule has 170 valence electrons. The van der Waals surface area contributed by atoms with E-state index in [-0.39, 0.29) is 0 Å². The van der Waals surface area contributed by atoms with E-state index in [0.29, 0.717) is 37.2 Å². The lowest BCUT2D eigenvalue weighted by atomic mass is 10.1. The van der Waals surface area contributed by atoms with Gasteiger partial charge >= 0.3 is 6.09 Å². The van der Waals surface area contributed by atoms with Crippen molar-refractivity contribution in [1.82, 2.24) is 20.9 Å². The van der Waals surface area contributed by atoms with Gasteiger partial charge in [-0.15, -0.1) is 0 Å². The molecule has 0 aliphatic carbocycles. The normalized spacial score (nSPS) is 12.4. The van der Waals surface area contributed by atoms with Crippen LogP contribution >= 0.6 is 0 Å². The molecule has 0 aliphatic heterocycles. The summed E-state index contributed by atoms with van der Waals surface area (Å²) in [5.41, 5.74) is 1.09. The predicted molar refractivity (Wildman–Crippen MR) is 123 cm³/mol. The Morgan fingerprint density at radius 2 is 1.81 bits per heavy atom. The molecule has 0 saturated heterocycles. The number of rotatable bonds is 7. The molecule has 1 heterocycles. The number of alkyl carbamates (subject to hydrolysis) is 1. The number of ether oxygens (including phenoxy) is 1. The van der Waals surface area contributed by atoms with E-state index in [2.05, 4.69) is 25.9 Å². The molecule has 8 heteroatoms. The van der Waals surface area contributed by atoms with Gasteiger partial charge < -0.3 is 25.1 Å². The summed E-state index contributed by atoms with van der Waals surface area (Å²) in [6.45, 7) is 14.8. The number of aryl methyl sites for hydroxylation is 1. The van der Waals surface area contributed by atoms with Crippen LogP contribution in [0.15, 0.2) is 39.9 Å². The number of aromatic nitrogens is 1. The van der Waals surface area contributed by atoms with Gasteiger partial charge in [-0.3, -0.25) is 0 Å². The second-order valence-electron chi connectivity index (χ2n) is 9.04. The standard InChI is InChI=1S/C23H35N5O3/c1-8-24-20(27-15-23(6,7)28-21(29)31-22(3,4)5)26-14-19-25-13-18(30-19)17-11-9-16(2)10-12-17/h9-13H,8,14-15H2,1-7H3,(H,28,29)(H2,24,26,27). The molecule has 0 bridgehead atoms. The number of oxazole rings is 1. The molecule has 0 spiro atoms. The third-order valence-electron chi connectivity index (χ3n) is 4.14. The first-order valence-corrected chi connectivity index (χ1v) is 10.5. The number of nitrogens with one attached hydrogen (secondary N) is 3. The largest absolute Gasteiger partial charge is 0.444 e. The van der Waals surface area contributed by atoms with Crippen LogP contribution in [0, 0.1) is 6.92 Å². The van der Waals surface area contributed by atoms with Crippen molar-refractivity contribution in [2.75, 3.05) is 13.1 Å². The van der Waals surface area contributed by atoms with E-state index in [1.54, 1.807) is 6.20 Å². The summed E-state index contributed by atoms with van der Waals surface area (Å²) >= 11 is 0. The molecule has 1 amide bonds. The summed E-state index contributed by atoms with van der Waals surface area (Å²) in [5, 5.41) is 9.30. The fourth-order valence-corrected chi connectivity index (χ4v) is 2.65. The fourth-order valence-electron chi connectivity index (χ4n) is 2.65. The maximum Gasteiger partial charge on any atom is 0.408 e. The van der Waals surface area contributed by atoms with E-state index in [1.807, 2.05) is 72.7 Å². The second kappa shape index (κ2) is 10.3. The van der Waals surface area contributed by atoms with Crippen molar-refractivity contribution in [1.29, 1.82) is 0 Å². The lowest BCUT2D eigenvalue weighted by Gasteiger charge is -2.29. The molecule has 0 atom stereocenters. The lowest BCUT2D eigenvalue weighted by molar-refractivity contribution is 0.0474. The van der Waals surface area contributed by atoms with Crippen LogP contribution in [0.4, 0.5) is 4.79 Å². The zero-order chi connectivity index (χ0) is 23.1. The number of benzene rings is 1. The highest BCUT2D eigenvalue weighted by molar-refractivity contribution is 5.80. The molecule has 8 nitrogen and oxygen atoms in total. The van der Waals surface area contributed by atoms with Gasteiger partial charge in [0.25, 0.3) is 0 Å². The van der Waals surface area contributed by atoms with Crippen molar-refractivity contribution in [2.45, 2.75) is 66.2 Å². The van der Waals surface area contributed by atoms with Gasteiger partial charge in [-0.1, -0.05) is 29.8 Å². The van der Waals surface area contributed by atoms with Crippen molar-refractivity contribution < 1.29 is 13.9 Å². The minimum atomic E-state index is -0.544. The van der Waals surface area contributed by atoms with Gasteiger partial charge in [0, 0.05) is 18.7 Å². The van der Waals surface area contributed by atoms with Crippen LogP contribution < -0.4 is 16.0 Å². The van der Waals surface area contributed by atoms with Gasteiger partial charge in [-0.25, -0.2) is 14.8 Å². The van der Waals surface area contributed by atoms with Crippen molar-refractivity contribution in [3.8, 4) is 11.3 Å². The van der Waals surface area contributed by atoms with Crippen LogP contribution in [-0.2, 0) is 11.3 Å². The predicted octanol–water partition coefficient (Wildman–Crippen LogP) is 4.01. The number of nitrogens with zero attached hydrogens (tertiary/aromatic N) is 2. The highest BCUT2D eigenvalue weighted by Crippen LogP contribution is 2.21. The second-order valence-corrected chi connectivity index (χ2v) is 9.04. The Balaban J connectivity index is 1.95. The van der Waals surface area contributed by atoms with Gasteiger partial charge in [-0.05, 0) is 48.5 Å². The monoisotopic (exact) mass is 429 g/mol. The van der Waals surface area contributed by atoms with Crippen molar-refractivity contribution in [2.24, 2.45) is 4.99 Å². The third-order valence-corrected chi connectivity index (χ3v) is 4.14.